The number of ether oxygens (including phenoxy) is 1. The predicted octanol–water partition coefficient (Wildman–Crippen LogP) is -0.0572. The number of carbonyl (C=O) groups excluding carboxylic acids is 1. The average molecular weight is 434 g/mol. The number of phenols is 4. The SMILES string of the molecule is O=CC(O)C(O)C(O)COc1c(-c2ccc(O)c(O)c2)oc2cc(O)cc(O)c2c1=O. The zero-order chi connectivity index (χ0) is 22.9. The van der Waals surface area contributed by atoms with Gasteiger partial charge in [0.1, 0.15) is 47.4 Å². The summed E-state index contributed by atoms with van der Waals surface area (Å²) in [6.07, 6.45) is -5.58. The number of aliphatic hydroxyl groups excluding tert-OH is 3. The van der Waals surface area contributed by atoms with E-state index in [0.717, 1.165) is 24.3 Å². The standard InChI is InChI=1S/C20H18O11/c21-6-13(26)17(28)14(27)7-30-20-18(29)16-12(25)4-9(22)5-15(16)31-19(20)8-1-2-10(23)11(24)3-8/h1-6,13-14,17,22-28H,7H2. The van der Waals surface area contributed by atoms with Gasteiger partial charge in [-0.05, 0) is 18.2 Å². The van der Waals surface area contributed by atoms with E-state index >= 15 is 0 Å². The molecule has 0 saturated heterocycles. The lowest BCUT2D eigenvalue weighted by Crippen LogP contribution is -2.41. The Labute approximate surface area is 173 Å². The topological polar surface area (TPSA) is 198 Å². The van der Waals surface area contributed by atoms with Crippen molar-refractivity contribution in [2.45, 2.75) is 18.3 Å². The second-order valence-electron chi connectivity index (χ2n) is 6.63. The summed E-state index contributed by atoms with van der Waals surface area (Å²) in [6.45, 7) is -0.766. The van der Waals surface area contributed by atoms with Gasteiger partial charge in [0.05, 0.1) is 0 Å². The molecule has 3 atom stereocenters. The third-order valence-electron chi connectivity index (χ3n) is 4.44. The van der Waals surface area contributed by atoms with Gasteiger partial charge in [0.15, 0.2) is 23.5 Å². The number of hydrogen-bond donors (Lipinski definition) is 7. The van der Waals surface area contributed by atoms with E-state index < -0.39 is 59.1 Å². The molecule has 1 heterocycles. The quantitative estimate of drug-likeness (QED) is 0.194. The van der Waals surface area contributed by atoms with E-state index in [-0.39, 0.29) is 28.6 Å². The first-order chi connectivity index (χ1) is 14.6. The summed E-state index contributed by atoms with van der Waals surface area (Å²) in [7, 11) is 0. The molecule has 11 nitrogen and oxygen atoms in total. The highest BCUT2D eigenvalue weighted by Gasteiger charge is 2.27. The molecule has 2 aromatic carbocycles. The summed E-state index contributed by atoms with van der Waals surface area (Å²) in [5.74, 6) is -2.87. The summed E-state index contributed by atoms with van der Waals surface area (Å²) in [4.78, 5) is 23.6. The second kappa shape index (κ2) is 8.52. The zero-order valence-corrected chi connectivity index (χ0v) is 15.7. The van der Waals surface area contributed by atoms with Crippen molar-refractivity contribution in [3.63, 3.8) is 0 Å². The summed E-state index contributed by atoms with van der Waals surface area (Å²) in [6, 6.07) is 5.39. The van der Waals surface area contributed by atoms with Gasteiger partial charge in [-0.1, -0.05) is 0 Å². The molecular formula is C20H18O11. The molecule has 3 aromatic rings. The van der Waals surface area contributed by atoms with Crippen LogP contribution in [0.4, 0.5) is 0 Å². The first-order valence-electron chi connectivity index (χ1n) is 8.81. The average Bonchev–Trinajstić information content (AvgIpc) is 2.72. The van der Waals surface area contributed by atoms with E-state index in [1.54, 1.807) is 0 Å². The Balaban J connectivity index is 2.15. The maximum Gasteiger partial charge on any atom is 0.239 e. The van der Waals surface area contributed by atoms with Crippen LogP contribution in [0.2, 0.25) is 0 Å². The van der Waals surface area contributed by atoms with Crippen LogP contribution in [0.15, 0.2) is 39.5 Å². The first kappa shape index (κ1) is 21.9. The Morgan fingerprint density at radius 3 is 2.32 bits per heavy atom. The highest BCUT2D eigenvalue weighted by molar-refractivity contribution is 5.88. The molecule has 0 spiro atoms. The van der Waals surface area contributed by atoms with Gasteiger partial charge in [-0.3, -0.25) is 4.79 Å². The number of carbonyl (C=O) groups is 1. The number of rotatable bonds is 7. The van der Waals surface area contributed by atoms with Crippen LogP contribution in [0.5, 0.6) is 28.7 Å². The van der Waals surface area contributed by atoms with E-state index in [4.69, 9.17) is 9.15 Å². The largest absolute Gasteiger partial charge is 0.508 e. The van der Waals surface area contributed by atoms with Gasteiger partial charge >= 0.3 is 0 Å². The maximum absolute atomic E-state index is 13.0. The van der Waals surface area contributed by atoms with Gasteiger partial charge in [0.25, 0.3) is 0 Å². The molecule has 1 aromatic heterocycles. The van der Waals surface area contributed by atoms with E-state index in [9.17, 15) is 45.3 Å². The summed E-state index contributed by atoms with van der Waals surface area (Å²) in [5.41, 5.74) is -1.09. The number of benzene rings is 2. The molecule has 0 aliphatic heterocycles. The van der Waals surface area contributed by atoms with Crippen molar-refractivity contribution < 1.29 is 49.7 Å². The van der Waals surface area contributed by atoms with Crippen molar-refractivity contribution in [3.8, 4) is 40.1 Å². The second-order valence-corrected chi connectivity index (χ2v) is 6.63. The van der Waals surface area contributed by atoms with Gasteiger partial charge in [-0.2, -0.15) is 0 Å². The van der Waals surface area contributed by atoms with Crippen LogP contribution in [0.25, 0.3) is 22.3 Å². The summed E-state index contributed by atoms with van der Waals surface area (Å²) < 4.78 is 10.9. The van der Waals surface area contributed by atoms with Crippen LogP contribution in [-0.2, 0) is 4.79 Å². The molecule has 31 heavy (non-hydrogen) atoms. The molecule has 3 rings (SSSR count). The molecule has 3 unspecified atom stereocenters. The third kappa shape index (κ3) is 4.23. The van der Waals surface area contributed by atoms with E-state index in [1.165, 1.54) is 6.07 Å². The fourth-order valence-corrected chi connectivity index (χ4v) is 2.83. The number of fused-ring (bicyclic) bond motifs is 1. The van der Waals surface area contributed by atoms with Gasteiger partial charge < -0.3 is 49.7 Å². The minimum Gasteiger partial charge on any atom is -0.508 e. The number of phenolic OH excluding ortho intramolecular Hbond substituents is 4. The van der Waals surface area contributed by atoms with Crippen LogP contribution >= 0.6 is 0 Å². The van der Waals surface area contributed by atoms with Crippen molar-refractivity contribution in [1.29, 1.82) is 0 Å². The Morgan fingerprint density at radius 2 is 1.68 bits per heavy atom. The van der Waals surface area contributed by atoms with E-state index in [2.05, 4.69) is 0 Å². The number of aldehydes is 1. The van der Waals surface area contributed by atoms with Crippen LogP contribution in [-0.4, -0.2) is 67.0 Å². The van der Waals surface area contributed by atoms with Gasteiger partial charge in [-0.25, -0.2) is 0 Å². The van der Waals surface area contributed by atoms with E-state index in [1.807, 2.05) is 0 Å². The minimum absolute atomic E-state index is 0.00738. The molecular weight excluding hydrogens is 416 g/mol. The third-order valence-corrected chi connectivity index (χ3v) is 4.44. The van der Waals surface area contributed by atoms with Gasteiger partial charge in [-0.15, -0.1) is 0 Å². The van der Waals surface area contributed by atoms with Crippen LogP contribution < -0.4 is 10.2 Å². The highest BCUT2D eigenvalue weighted by Crippen LogP contribution is 2.38. The first-order valence-corrected chi connectivity index (χ1v) is 8.81. The Hall–Kier alpha value is -3.80. The van der Waals surface area contributed by atoms with Crippen molar-refractivity contribution in [3.05, 3.63) is 40.6 Å². The lowest BCUT2D eigenvalue weighted by molar-refractivity contribution is -0.127. The molecule has 0 saturated carbocycles. The molecule has 0 fully saturated rings. The fraction of sp³-hybridized carbons (Fsp3) is 0.200. The highest BCUT2D eigenvalue weighted by atomic mass is 16.5. The Bertz CT molecular complexity index is 1180. The van der Waals surface area contributed by atoms with Gasteiger partial charge in [0.2, 0.25) is 11.2 Å². The molecule has 0 aliphatic carbocycles. The normalized spacial score (nSPS) is 14.2. The number of aliphatic hydroxyl groups is 3. The Morgan fingerprint density at radius 1 is 0.968 bits per heavy atom. The van der Waals surface area contributed by atoms with Crippen LogP contribution in [0.1, 0.15) is 0 Å². The van der Waals surface area contributed by atoms with Gasteiger partial charge in [0, 0.05) is 17.7 Å². The molecule has 0 radical (unpaired) electrons. The van der Waals surface area contributed by atoms with Crippen LogP contribution in [0.3, 0.4) is 0 Å². The van der Waals surface area contributed by atoms with E-state index in [0.29, 0.717) is 0 Å². The lowest BCUT2D eigenvalue weighted by atomic mass is 10.1. The maximum atomic E-state index is 13.0. The van der Waals surface area contributed by atoms with Crippen molar-refractivity contribution in [2.24, 2.45) is 0 Å². The summed E-state index contributed by atoms with van der Waals surface area (Å²) in [5, 5.41) is 67.6. The smallest absolute Gasteiger partial charge is 0.239 e. The number of aromatic hydroxyl groups is 4. The molecule has 164 valence electrons. The lowest BCUT2D eigenvalue weighted by Gasteiger charge is -2.20. The fourth-order valence-electron chi connectivity index (χ4n) is 2.83. The minimum atomic E-state index is -1.91. The van der Waals surface area contributed by atoms with Crippen molar-refractivity contribution in [1.82, 2.24) is 0 Å². The Kier molecular flexibility index (Phi) is 6.02. The number of hydrogen-bond acceptors (Lipinski definition) is 11. The zero-order valence-electron chi connectivity index (χ0n) is 15.7. The van der Waals surface area contributed by atoms with Crippen LogP contribution in [0, 0.1) is 0 Å². The van der Waals surface area contributed by atoms with Crippen molar-refractivity contribution >= 4 is 17.3 Å². The molecule has 0 amide bonds. The molecule has 0 aliphatic rings. The molecule has 0 bridgehead atoms. The predicted molar refractivity (Wildman–Crippen MR) is 104 cm³/mol. The molecule has 7 N–H and O–H groups in total. The monoisotopic (exact) mass is 434 g/mol. The van der Waals surface area contributed by atoms with Crippen molar-refractivity contribution in [2.75, 3.05) is 6.61 Å². The summed E-state index contributed by atoms with van der Waals surface area (Å²) >= 11 is 0. The molecule has 11 heteroatoms.